The molecule has 10 heteroatoms. The molecular formula is C24H35ClFN3O4S. The van der Waals surface area contributed by atoms with Crippen LogP contribution in [-0.2, 0) is 19.6 Å². The molecule has 2 amide bonds. The topological polar surface area (TPSA) is 104 Å². The van der Waals surface area contributed by atoms with E-state index in [1.165, 1.54) is 19.3 Å². The van der Waals surface area contributed by atoms with Gasteiger partial charge in [0.25, 0.3) is 0 Å². The van der Waals surface area contributed by atoms with Crippen molar-refractivity contribution in [3.63, 3.8) is 0 Å². The maximum atomic E-state index is 13.2. The van der Waals surface area contributed by atoms with E-state index in [-0.39, 0.29) is 40.7 Å². The molecule has 3 unspecified atom stereocenters. The minimum atomic E-state index is -3.89. The van der Waals surface area contributed by atoms with Crippen LogP contribution in [0.2, 0.25) is 5.02 Å². The SMILES string of the molecule is CC(C)C[C@H](NC(=O)CC1CC2CCC1C2)C(=O)NCCCNS(=O)(=O)c1ccc(F)cc1Cl. The summed E-state index contributed by atoms with van der Waals surface area (Å²) in [5.41, 5.74) is 0. The van der Waals surface area contributed by atoms with Gasteiger partial charge in [0.15, 0.2) is 0 Å². The fourth-order valence-electron chi connectivity index (χ4n) is 5.22. The summed E-state index contributed by atoms with van der Waals surface area (Å²) in [7, 11) is -3.89. The molecule has 1 aromatic rings. The Morgan fingerprint density at radius 3 is 2.56 bits per heavy atom. The van der Waals surface area contributed by atoms with Crippen LogP contribution in [0.1, 0.15) is 58.8 Å². The first-order valence-corrected chi connectivity index (χ1v) is 13.9. The molecule has 0 aromatic heterocycles. The van der Waals surface area contributed by atoms with E-state index in [1.54, 1.807) is 0 Å². The number of fused-ring (bicyclic) bond motifs is 2. The minimum Gasteiger partial charge on any atom is -0.354 e. The number of sulfonamides is 1. The second kappa shape index (κ2) is 11.8. The number of hydrogen-bond donors (Lipinski definition) is 3. The zero-order chi connectivity index (χ0) is 24.9. The summed E-state index contributed by atoms with van der Waals surface area (Å²) in [5, 5.41) is 5.52. The maximum absolute atomic E-state index is 13.2. The molecule has 190 valence electrons. The summed E-state index contributed by atoms with van der Waals surface area (Å²) in [4.78, 5) is 25.2. The Morgan fingerprint density at radius 2 is 1.94 bits per heavy atom. The number of halogens is 2. The number of carbonyl (C=O) groups excluding carboxylic acids is 2. The highest BCUT2D eigenvalue weighted by Crippen LogP contribution is 2.49. The zero-order valence-electron chi connectivity index (χ0n) is 19.8. The Labute approximate surface area is 206 Å². The molecule has 3 N–H and O–H groups in total. The third-order valence-electron chi connectivity index (χ3n) is 6.82. The third kappa shape index (κ3) is 7.39. The van der Waals surface area contributed by atoms with E-state index in [0.717, 1.165) is 30.5 Å². The van der Waals surface area contributed by atoms with Crippen molar-refractivity contribution in [2.75, 3.05) is 13.1 Å². The number of benzene rings is 1. The first kappa shape index (κ1) is 26.9. The van der Waals surface area contributed by atoms with E-state index in [2.05, 4.69) is 15.4 Å². The predicted octanol–water partition coefficient (Wildman–Crippen LogP) is 3.62. The van der Waals surface area contributed by atoms with Crippen molar-refractivity contribution in [1.82, 2.24) is 15.4 Å². The Bertz CT molecular complexity index is 988. The first-order chi connectivity index (χ1) is 16.0. The molecule has 0 heterocycles. The van der Waals surface area contributed by atoms with Gasteiger partial charge in [-0.25, -0.2) is 17.5 Å². The van der Waals surface area contributed by atoms with Crippen molar-refractivity contribution < 1.29 is 22.4 Å². The molecule has 34 heavy (non-hydrogen) atoms. The highest BCUT2D eigenvalue weighted by Gasteiger charge is 2.40. The fourth-order valence-corrected chi connectivity index (χ4v) is 6.82. The van der Waals surface area contributed by atoms with Gasteiger partial charge < -0.3 is 10.6 Å². The molecule has 4 atom stereocenters. The normalized spacial score (nSPS) is 22.7. The second-order valence-electron chi connectivity index (χ2n) is 10.0. The fraction of sp³-hybridized carbons (Fsp3) is 0.667. The van der Waals surface area contributed by atoms with Gasteiger partial charge in [0.05, 0.1) is 5.02 Å². The molecule has 3 rings (SSSR count). The van der Waals surface area contributed by atoms with E-state index in [1.807, 2.05) is 13.8 Å². The first-order valence-electron chi connectivity index (χ1n) is 12.1. The molecule has 2 aliphatic carbocycles. The lowest BCUT2D eigenvalue weighted by Gasteiger charge is -2.24. The van der Waals surface area contributed by atoms with E-state index in [0.29, 0.717) is 31.1 Å². The second-order valence-corrected chi connectivity index (χ2v) is 12.1. The lowest BCUT2D eigenvalue weighted by Crippen LogP contribution is -2.48. The van der Waals surface area contributed by atoms with Gasteiger partial charge in [-0.2, -0.15) is 0 Å². The van der Waals surface area contributed by atoms with Gasteiger partial charge in [-0.15, -0.1) is 0 Å². The summed E-state index contributed by atoms with van der Waals surface area (Å²) in [6, 6.07) is 2.47. The molecule has 2 saturated carbocycles. The van der Waals surface area contributed by atoms with Crippen molar-refractivity contribution in [3.8, 4) is 0 Å². The smallest absolute Gasteiger partial charge is 0.242 e. The molecule has 2 aliphatic rings. The van der Waals surface area contributed by atoms with Crippen molar-refractivity contribution in [2.45, 2.75) is 69.7 Å². The van der Waals surface area contributed by atoms with Gasteiger partial charge >= 0.3 is 0 Å². The van der Waals surface area contributed by atoms with Gasteiger partial charge in [0.1, 0.15) is 16.8 Å². The third-order valence-corrected chi connectivity index (χ3v) is 8.76. The van der Waals surface area contributed by atoms with Crippen LogP contribution >= 0.6 is 11.6 Å². The number of nitrogens with one attached hydrogen (secondary N) is 3. The Hall–Kier alpha value is -1.71. The van der Waals surface area contributed by atoms with Crippen molar-refractivity contribution in [2.24, 2.45) is 23.7 Å². The standard InChI is InChI=1S/C24H35ClFN3O4S/c1-15(2)10-21(29-23(30)13-18-12-16-4-5-17(18)11-16)24(31)27-8-3-9-28-34(32,33)22-7-6-19(26)14-20(22)25/h6-7,14-18,21,28H,3-5,8-13H2,1-2H3,(H,27,31)(H,29,30)/t16?,17?,18?,21-/m0/s1. The average molecular weight is 516 g/mol. The summed E-state index contributed by atoms with van der Waals surface area (Å²) < 4.78 is 40.3. The molecule has 0 spiro atoms. The number of rotatable bonds is 12. The highest BCUT2D eigenvalue weighted by atomic mass is 35.5. The molecule has 1 aromatic carbocycles. The van der Waals surface area contributed by atoms with Crippen LogP contribution in [0.4, 0.5) is 4.39 Å². The lowest BCUT2D eigenvalue weighted by atomic mass is 9.86. The van der Waals surface area contributed by atoms with Crippen LogP contribution in [0.15, 0.2) is 23.1 Å². The van der Waals surface area contributed by atoms with Crippen LogP contribution in [0.25, 0.3) is 0 Å². The van der Waals surface area contributed by atoms with E-state index >= 15 is 0 Å². The van der Waals surface area contributed by atoms with Crippen LogP contribution in [-0.4, -0.2) is 39.4 Å². The Kier molecular flexibility index (Phi) is 9.34. The molecule has 2 bridgehead atoms. The van der Waals surface area contributed by atoms with E-state index in [4.69, 9.17) is 11.6 Å². The van der Waals surface area contributed by atoms with Crippen LogP contribution < -0.4 is 15.4 Å². The van der Waals surface area contributed by atoms with Crippen molar-refractivity contribution >= 4 is 33.4 Å². The molecule has 0 saturated heterocycles. The average Bonchev–Trinajstić information content (AvgIpc) is 3.35. The number of hydrogen-bond acceptors (Lipinski definition) is 4. The molecule has 7 nitrogen and oxygen atoms in total. The van der Waals surface area contributed by atoms with Gasteiger partial charge in [-0.3, -0.25) is 9.59 Å². The minimum absolute atomic E-state index is 0.0673. The number of carbonyl (C=O) groups is 2. The molecule has 0 aliphatic heterocycles. The van der Waals surface area contributed by atoms with Crippen LogP contribution in [0.3, 0.4) is 0 Å². The van der Waals surface area contributed by atoms with E-state index in [9.17, 15) is 22.4 Å². The quantitative estimate of drug-likeness (QED) is 0.370. The summed E-state index contributed by atoms with van der Waals surface area (Å²) in [6.45, 7) is 4.31. The van der Waals surface area contributed by atoms with Crippen molar-refractivity contribution in [3.05, 3.63) is 29.0 Å². The maximum Gasteiger partial charge on any atom is 0.242 e. The number of amides is 2. The highest BCUT2D eigenvalue weighted by molar-refractivity contribution is 7.89. The Morgan fingerprint density at radius 1 is 1.18 bits per heavy atom. The summed E-state index contributed by atoms with van der Waals surface area (Å²) >= 11 is 5.83. The van der Waals surface area contributed by atoms with Gasteiger partial charge in [-0.1, -0.05) is 31.9 Å². The van der Waals surface area contributed by atoms with Crippen LogP contribution in [0, 0.1) is 29.5 Å². The molecular weight excluding hydrogens is 481 g/mol. The lowest BCUT2D eigenvalue weighted by molar-refractivity contribution is -0.130. The monoisotopic (exact) mass is 515 g/mol. The van der Waals surface area contributed by atoms with Crippen molar-refractivity contribution in [1.29, 1.82) is 0 Å². The molecule has 0 radical (unpaired) electrons. The Balaban J connectivity index is 1.42. The van der Waals surface area contributed by atoms with Gasteiger partial charge in [0, 0.05) is 19.5 Å². The van der Waals surface area contributed by atoms with Gasteiger partial charge in [0.2, 0.25) is 21.8 Å². The predicted molar refractivity (Wildman–Crippen MR) is 129 cm³/mol. The zero-order valence-corrected chi connectivity index (χ0v) is 21.4. The largest absolute Gasteiger partial charge is 0.354 e. The van der Waals surface area contributed by atoms with Crippen LogP contribution in [0.5, 0.6) is 0 Å². The molecule has 2 fully saturated rings. The van der Waals surface area contributed by atoms with Gasteiger partial charge in [-0.05, 0) is 74.0 Å². The summed E-state index contributed by atoms with van der Waals surface area (Å²) in [6.07, 6.45) is 6.23. The van der Waals surface area contributed by atoms with E-state index < -0.39 is 21.9 Å². The summed E-state index contributed by atoms with van der Waals surface area (Å²) in [5.74, 6) is 1.14.